The minimum absolute atomic E-state index is 0.153. The van der Waals surface area contributed by atoms with Gasteiger partial charge < -0.3 is 15.4 Å². The number of amides is 1. The maximum atomic E-state index is 11.9. The third-order valence-electron chi connectivity index (χ3n) is 2.93. The van der Waals surface area contributed by atoms with Gasteiger partial charge in [-0.3, -0.25) is 4.79 Å². The van der Waals surface area contributed by atoms with Crippen LogP contribution in [0.5, 0.6) is 5.75 Å². The minimum atomic E-state index is -0.153. The van der Waals surface area contributed by atoms with Crippen LogP contribution in [0.4, 0.5) is 11.4 Å². The number of carbonyl (C=O) groups excluding carboxylic acids is 1. The predicted molar refractivity (Wildman–Crippen MR) is 90.8 cm³/mol. The fraction of sp³-hybridized carbons (Fsp3) is 0.235. The van der Waals surface area contributed by atoms with Crippen molar-refractivity contribution in [3.8, 4) is 5.75 Å². The van der Waals surface area contributed by atoms with E-state index in [1.54, 1.807) is 12.1 Å². The quantitative estimate of drug-likeness (QED) is 0.805. The van der Waals surface area contributed by atoms with Crippen molar-refractivity contribution < 1.29 is 9.53 Å². The monoisotopic (exact) mass is 318 g/mol. The fourth-order valence-electron chi connectivity index (χ4n) is 1.83. The lowest BCUT2D eigenvalue weighted by atomic mass is 10.3. The molecule has 0 saturated heterocycles. The van der Waals surface area contributed by atoms with Crippen molar-refractivity contribution in [2.75, 3.05) is 23.8 Å². The Labute approximate surface area is 135 Å². The number of hydrogen-bond acceptors (Lipinski definition) is 3. The van der Waals surface area contributed by atoms with E-state index in [1.807, 2.05) is 36.4 Å². The van der Waals surface area contributed by atoms with E-state index in [-0.39, 0.29) is 12.5 Å². The Morgan fingerprint density at radius 3 is 2.55 bits per heavy atom. The summed E-state index contributed by atoms with van der Waals surface area (Å²) >= 11 is 6.00. The lowest BCUT2D eigenvalue weighted by molar-refractivity contribution is -0.114. The smallest absolute Gasteiger partial charge is 0.243 e. The van der Waals surface area contributed by atoms with Crippen molar-refractivity contribution in [1.29, 1.82) is 0 Å². The van der Waals surface area contributed by atoms with E-state index in [2.05, 4.69) is 17.6 Å². The molecule has 0 fully saturated rings. The Balaban J connectivity index is 1.82. The molecule has 5 heteroatoms. The average molecular weight is 319 g/mol. The fourth-order valence-corrected chi connectivity index (χ4v) is 2.01. The zero-order valence-electron chi connectivity index (χ0n) is 12.4. The highest BCUT2D eigenvalue weighted by Crippen LogP contribution is 2.20. The van der Waals surface area contributed by atoms with E-state index in [9.17, 15) is 4.79 Å². The van der Waals surface area contributed by atoms with Crippen LogP contribution in [0.1, 0.15) is 13.3 Å². The van der Waals surface area contributed by atoms with Crippen molar-refractivity contribution in [3.63, 3.8) is 0 Å². The van der Waals surface area contributed by atoms with Gasteiger partial charge in [0.2, 0.25) is 5.91 Å². The highest BCUT2D eigenvalue weighted by atomic mass is 35.5. The zero-order valence-corrected chi connectivity index (χ0v) is 13.2. The molecular weight excluding hydrogens is 300 g/mol. The summed E-state index contributed by atoms with van der Waals surface area (Å²) in [6, 6.07) is 14.7. The van der Waals surface area contributed by atoms with Gasteiger partial charge in [0.1, 0.15) is 5.75 Å². The molecule has 0 aliphatic carbocycles. The van der Waals surface area contributed by atoms with Crippen LogP contribution in [0.25, 0.3) is 0 Å². The minimum Gasteiger partial charge on any atom is -0.494 e. The van der Waals surface area contributed by atoms with Gasteiger partial charge in [-0.05, 0) is 42.8 Å². The topological polar surface area (TPSA) is 50.4 Å². The predicted octanol–water partition coefficient (Wildman–Crippen LogP) is 4.18. The second kappa shape index (κ2) is 8.29. The van der Waals surface area contributed by atoms with Crippen LogP contribution in [0.2, 0.25) is 5.02 Å². The second-order valence-corrected chi connectivity index (χ2v) is 5.16. The normalized spacial score (nSPS) is 10.1. The number of ether oxygens (including phenoxy) is 1. The molecule has 1 amide bonds. The summed E-state index contributed by atoms with van der Waals surface area (Å²) in [6.07, 6.45) is 0.974. The number of halogens is 1. The number of anilines is 2. The van der Waals surface area contributed by atoms with Crippen LogP contribution in [0.15, 0.2) is 48.5 Å². The van der Waals surface area contributed by atoms with Gasteiger partial charge in [0.05, 0.1) is 23.9 Å². The first-order valence-electron chi connectivity index (χ1n) is 7.20. The van der Waals surface area contributed by atoms with Gasteiger partial charge in [0.15, 0.2) is 0 Å². The molecule has 2 rings (SSSR count). The summed E-state index contributed by atoms with van der Waals surface area (Å²) < 4.78 is 5.51. The summed E-state index contributed by atoms with van der Waals surface area (Å²) in [5.74, 6) is 0.673. The molecule has 0 heterocycles. The average Bonchev–Trinajstić information content (AvgIpc) is 2.54. The highest BCUT2D eigenvalue weighted by molar-refractivity contribution is 6.33. The molecule has 0 aliphatic rings. The molecule has 0 bridgehead atoms. The van der Waals surface area contributed by atoms with Crippen molar-refractivity contribution >= 4 is 28.9 Å². The van der Waals surface area contributed by atoms with Gasteiger partial charge in [-0.25, -0.2) is 0 Å². The summed E-state index contributed by atoms with van der Waals surface area (Å²) in [6.45, 7) is 2.93. The van der Waals surface area contributed by atoms with Crippen molar-refractivity contribution in [3.05, 3.63) is 53.6 Å². The first kappa shape index (κ1) is 16.2. The molecular formula is C17H19ClN2O2. The van der Waals surface area contributed by atoms with Gasteiger partial charge in [-0.1, -0.05) is 30.7 Å². The lowest BCUT2D eigenvalue weighted by Crippen LogP contribution is -2.21. The SMILES string of the molecule is CCCOc1ccc(NCC(=O)Nc2ccccc2Cl)cc1. The van der Waals surface area contributed by atoms with E-state index < -0.39 is 0 Å². The molecule has 0 atom stereocenters. The zero-order chi connectivity index (χ0) is 15.8. The van der Waals surface area contributed by atoms with Crippen molar-refractivity contribution in [1.82, 2.24) is 0 Å². The van der Waals surface area contributed by atoms with Gasteiger partial charge in [-0.15, -0.1) is 0 Å². The van der Waals surface area contributed by atoms with Crippen LogP contribution < -0.4 is 15.4 Å². The Kier molecular flexibility index (Phi) is 6.10. The number of para-hydroxylation sites is 1. The second-order valence-electron chi connectivity index (χ2n) is 4.75. The summed E-state index contributed by atoms with van der Waals surface area (Å²) in [7, 11) is 0. The molecule has 4 nitrogen and oxygen atoms in total. The Morgan fingerprint density at radius 2 is 1.86 bits per heavy atom. The van der Waals surface area contributed by atoms with E-state index in [4.69, 9.17) is 16.3 Å². The molecule has 0 radical (unpaired) electrons. The summed E-state index contributed by atoms with van der Waals surface area (Å²) in [4.78, 5) is 11.9. The Bertz CT molecular complexity index is 614. The van der Waals surface area contributed by atoms with Crippen LogP contribution in [0, 0.1) is 0 Å². The van der Waals surface area contributed by atoms with Gasteiger partial charge >= 0.3 is 0 Å². The van der Waals surface area contributed by atoms with Crippen molar-refractivity contribution in [2.45, 2.75) is 13.3 Å². The highest BCUT2D eigenvalue weighted by Gasteiger charge is 2.05. The molecule has 22 heavy (non-hydrogen) atoms. The van der Waals surface area contributed by atoms with Crippen LogP contribution in [-0.4, -0.2) is 19.1 Å². The number of nitrogens with one attached hydrogen (secondary N) is 2. The standard InChI is InChI=1S/C17H19ClN2O2/c1-2-11-22-14-9-7-13(8-10-14)19-12-17(21)20-16-6-4-3-5-15(16)18/h3-10,19H,2,11-12H2,1H3,(H,20,21). The van der Waals surface area contributed by atoms with Gasteiger partial charge in [0, 0.05) is 5.69 Å². The number of rotatable bonds is 7. The first-order chi connectivity index (χ1) is 10.7. The van der Waals surface area contributed by atoms with E-state index >= 15 is 0 Å². The molecule has 0 aliphatic heterocycles. The van der Waals surface area contributed by atoms with Gasteiger partial charge in [0.25, 0.3) is 0 Å². The van der Waals surface area contributed by atoms with E-state index in [1.165, 1.54) is 0 Å². The van der Waals surface area contributed by atoms with Gasteiger partial charge in [-0.2, -0.15) is 0 Å². The molecule has 116 valence electrons. The maximum absolute atomic E-state index is 11.9. The lowest BCUT2D eigenvalue weighted by Gasteiger charge is -2.10. The molecule has 0 unspecified atom stereocenters. The first-order valence-corrected chi connectivity index (χ1v) is 7.58. The van der Waals surface area contributed by atoms with Crippen LogP contribution in [0.3, 0.4) is 0 Å². The summed E-state index contributed by atoms with van der Waals surface area (Å²) in [5.41, 5.74) is 1.47. The summed E-state index contributed by atoms with van der Waals surface area (Å²) in [5, 5.41) is 6.34. The number of carbonyl (C=O) groups is 1. The molecule has 2 N–H and O–H groups in total. The van der Waals surface area contributed by atoms with E-state index in [0.29, 0.717) is 17.3 Å². The largest absolute Gasteiger partial charge is 0.494 e. The Morgan fingerprint density at radius 1 is 1.14 bits per heavy atom. The molecule has 0 spiro atoms. The van der Waals surface area contributed by atoms with E-state index in [0.717, 1.165) is 17.9 Å². The third kappa shape index (κ3) is 4.97. The Hall–Kier alpha value is -2.20. The van der Waals surface area contributed by atoms with Crippen LogP contribution >= 0.6 is 11.6 Å². The van der Waals surface area contributed by atoms with Crippen molar-refractivity contribution in [2.24, 2.45) is 0 Å². The third-order valence-corrected chi connectivity index (χ3v) is 3.26. The molecule has 0 saturated carbocycles. The molecule has 2 aromatic carbocycles. The molecule has 0 aromatic heterocycles. The number of hydrogen-bond donors (Lipinski definition) is 2. The maximum Gasteiger partial charge on any atom is 0.243 e. The molecule has 2 aromatic rings. The number of benzene rings is 2. The van der Waals surface area contributed by atoms with Crippen LogP contribution in [-0.2, 0) is 4.79 Å².